The number of nitrogens with zero attached hydrogens (tertiary/aromatic N) is 4. The molecule has 0 aliphatic carbocycles. The van der Waals surface area contributed by atoms with Gasteiger partial charge in [0.2, 0.25) is 0 Å². The van der Waals surface area contributed by atoms with Gasteiger partial charge in [0.25, 0.3) is 5.91 Å². The molecule has 0 fully saturated rings. The van der Waals surface area contributed by atoms with E-state index in [1.54, 1.807) is 4.52 Å². The third-order valence-corrected chi connectivity index (χ3v) is 4.33. The summed E-state index contributed by atoms with van der Waals surface area (Å²) >= 11 is 1.26. The van der Waals surface area contributed by atoms with Crippen molar-refractivity contribution in [3.63, 3.8) is 0 Å². The Morgan fingerprint density at radius 3 is 2.83 bits per heavy atom. The molecule has 8 nitrogen and oxygen atoms in total. The van der Waals surface area contributed by atoms with E-state index in [0.717, 1.165) is 11.4 Å². The molecular weight excluding hydrogens is 330 g/mol. The minimum absolute atomic E-state index is 0.0269. The lowest BCUT2D eigenvalue weighted by Crippen LogP contribution is -2.25. The van der Waals surface area contributed by atoms with Crippen molar-refractivity contribution in [1.82, 2.24) is 24.9 Å². The van der Waals surface area contributed by atoms with Crippen LogP contribution >= 0.6 is 11.3 Å². The summed E-state index contributed by atoms with van der Waals surface area (Å²) in [7, 11) is 0. The average Bonchev–Trinajstić information content (AvgIpc) is 3.13. The largest absolute Gasteiger partial charge is 0.476 e. The quantitative estimate of drug-likeness (QED) is 0.725. The third kappa shape index (κ3) is 3.11. The molecule has 24 heavy (non-hydrogen) atoms. The molecule has 0 radical (unpaired) electrons. The number of nitrogens with one attached hydrogen (secondary N) is 1. The van der Waals surface area contributed by atoms with Crippen LogP contribution in [0.25, 0.3) is 5.65 Å². The Labute approximate surface area is 141 Å². The fourth-order valence-electron chi connectivity index (χ4n) is 2.33. The summed E-state index contributed by atoms with van der Waals surface area (Å²) in [6, 6.07) is 1.89. The zero-order valence-corrected chi connectivity index (χ0v) is 13.9. The van der Waals surface area contributed by atoms with Crippen LogP contribution < -0.4 is 5.32 Å². The molecule has 0 aromatic carbocycles. The summed E-state index contributed by atoms with van der Waals surface area (Å²) in [5.41, 5.74) is 2.68. The molecule has 9 heteroatoms. The number of hydrogen-bond acceptors (Lipinski definition) is 6. The Morgan fingerprint density at radius 2 is 2.12 bits per heavy atom. The number of aromatic nitrogens is 4. The fraction of sp³-hybridized carbons (Fsp3) is 0.267. The second kappa shape index (κ2) is 6.36. The van der Waals surface area contributed by atoms with E-state index in [1.165, 1.54) is 22.9 Å². The van der Waals surface area contributed by atoms with Crippen molar-refractivity contribution >= 4 is 28.9 Å². The maximum Gasteiger partial charge on any atom is 0.355 e. The van der Waals surface area contributed by atoms with Crippen LogP contribution in [0.2, 0.25) is 0 Å². The maximum absolute atomic E-state index is 12.3. The first-order chi connectivity index (χ1) is 11.5. The van der Waals surface area contributed by atoms with E-state index >= 15 is 0 Å². The summed E-state index contributed by atoms with van der Waals surface area (Å²) in [5, 5.41) is 18.0. The first kappa shape index (κ1) is 16.1. The molecule has 0 unspecified atom stereocenters. The van der Waals surface area contributed by atoms with Crippen LogP contribution in [-0.4, -0.2) is 43.1 Å². The lowest BCUT2D eigenvalue weighted by molar-refractivity contribution is 0.0690. The number of rotatable bonds is 5. The van der Waals surface area contributed by atoms with Gasteiger partial charge in [0.05, 0.1) is 11.2 Å². The SMILES string of the molecule is Cc1cc(C)n2ncc(C(=O)NCCc3nc(C(=O)O)cs3)c2n1. The number of fused-ring (bicyclic) bond motifs is 1. The van der Waals surface area contributed by atoms with Crippen LogP contribution in [0.15, 0.2) is 17.6 Å². The van der Waals surface area contributed by atoms with Gasteiger partial charge in [0, 0.05) is 29.7 Å². The molecule has 3 heterocycles. The van der Waals surface area contributed by atoms with Gasteiger partial charge in [0.15, 0.2) is 11.3 Å². The zero-order chi connectivity index (χ0) is 17.3. The Balaban J connectivity index is 1.68. The molecule has 124 valence electrons. The molecule has 0 saturated carbocycles. The summed E-state index contributed by atoms with van der Waals surface area (Å²) in [4.78, 5) is 31.5. The highest BCUT2D eigenvalue weighted by molar-refractivity contribution is 7.09. The monoisotopic (exact) mass is 345 g/mol. The highest BCUT2D eigenvalue weighted by atomic mass is 32.1. The molecule has 3 aromatic heterocycles. The van der Waals surface area contributed by atoms with Crippen molar-refractivity contribution in [1.29, 1.82) is 0 Å². The lowest BCUT2D eigenvalue weighted by Gasteiger charge is -2.04. The van der Waals surface area contributed by atoms with E-state index in [9.17, 15) is 9.59 Å². The van der Waals surface area contributed by atoms with Gasteiger partial charge in [-0.1, -0.05) is 0 Å². The molecule has 3 rings (SSSR count). The van der Waals surface area contributed by atoms with Crippen LogP contribution in [0.1, 0.15) is 37.2 Å². The van der Waals surface area contributed by atoms with Crippen molar-refractivity contribution in [2.45, 2.75) is 20.3 Å². The van der Waals surface area contributed by atoms with Crippen LogP contribution in [0.4, 0.5) is 0 Å². The fourth-order valence-corrected chi connectivity index (χ4v) is 3.10. The van der Waals surface area contributed by atoms with Gasteiger partial charge in [0.1, 0.15) is 5.56 Å². The second-order valence-corrected chi connectivity index (χ2v) is 6.21. The minimum atomic E-state index is -1.05. The Hall–Kier alpha value is -2.81. The minimum Gasteiger partial charge on any atom is -0.476 e. The number of amides is 1. The Kier molecular flexibility index (Phi) is 4.26. The van der Waals surface area contributed by atoms with E-state index in [2.05, 4.69) is 20.4 Å². The predicted octanol–water partition coefficient (Wildman–Crippen LogP) is 1.47. The average molecular weight is 345 g/mol. The van der Waals surface area contributed by atoms with E-state index in [-0.39, 0.29) is 11.6 Å². The van der Waals surface area contributed by atoms with Crippen LogP contribution in [-0.2, 0) is 6.42 Å². The number of thiazole rings is 1. The van der Waals surface area contributed by atoms with Crippen molar-refractivity contribution in [2.75, 3.05) is 6.54 Å². The smallest absolute Gasteiger partial charge is 0.355 e. The van der Waals surface area contributed by atoms with Crippen molar-refractivity contribution < 1.29 is 14.7 Å². The van der Waals surface area contributed by atoms with E-state index < -0.39 is 5.97 Å². The highest BCUT2D eigenvalue weighted by Crippen LogP contribution is 2.12. The molecule has 0 aliphatic heterocycles. The molecule has 0 atom stereocenters. The standard InChI is InChI=1S/C15H15N5O3S/c1-8-5-9(2)20-13(18-8)10(6-17-20)14(21)16-4-3-12-19-11(7-24-12)15(22)23/h5-7H,3-4H2,1-2H3,(H,16,21)(H,22,23). The number of aromatic carboxylic acids is 1. The summed E-state index contributed by atoms with van der Waals surface area (Å²) in [5.74, 6) is -1.32. The number of carbonyl (C=O) groups excluding carboxylic acids is 1. The predicted molar refractivity (Wildman–Crippen MR) is 87.6 cm³/mol. The first-order valence-corrected chi connectivity index (χ1v) is 8.11. The first-order valence-electron chi connectivity index (χ1n) is 7.23. The number of hydrogen-bond donors (Lipinski definition) is 2. The van der Waals surface area contributed by atoms with E-state index in [0.29, 0.717) is 29.2 Å². The zero-order valence-electron chi connectivity index (χ0n) is 13.1. The molecule has 1 amide bonds. The van der Waals surface area contributed by atoms with Gasteiger partial charge in [-0.3, -0.25) is 4.79 Å². The molecule has 2 N–H and O–H groups in total. The van der Waals surface area contributed by atoms with Crippen molar-refractivity contribution in [2.24, 2.45) is 0 Å². The molecule has 0 saturated heterocycles. The summed E-state index contributed by atoms with van der Waals surface area (Å²) < 4.78 is 1.63. The molecule has 0 spiro atoms. The lowest BCUT2D eigenvalue weighted by atomic mass is 10.3. The molecular formula is C15H15N5O3S. The van der Waals surface area contributed by atoms with Crippen LogP contribution in [0.3, 0.4) is 0 Å². The van der Waals surface area contributed by atoms with Crippen molar-refractivity contribution in [3.8, 4) is 0 Å². The Morgan fingerprint density at radius 1 is 1.33 bits per heavy atom. The van der Waals surface area contributed by atoms with Crippen LogP contribution in [0, 0.1) is 13.8 Å². The third-order valence-electron chi connectivity index (χ3n) is 3.42. The maximum atomic E-state index is 12.3. The molecule has 3 aromatic rings. The van der Waals surface area contributed by atoms with E-state index in [4.69, 9.17) is 5.11 Å². The summed E-state index contributed by atoms with van der Waals surface area (Å²) in [6.45, 7) is 4.12. The molecule has 0 bridgehead atoms. The van der Waals surface area contributed by atoms with Gasteiger partial charge < -0.3 is 10.4 Å². The van der Waals surface area contributed by atoms with Gasteiger partial charge in [-0.15, -0.1) is 11.3 Å². The van der Waals surface area contributed by atoms with Crippen LogP contribution in [0.5, 0.6) is 0 Å². The topological polar surface area (TPSA) is 109 Å². The number of carboxylic acid groups (broad SMARTS) is 1. The van der Waals surface area contributed by atoms with Gasteiger partial charge >= 0.3 is 5.97 Å². The highest BCUT2D eigenvalue weighted by Gasteiger charge is 2.15. The van der Waals surface area contributed by atoms with Crippen molar-refractivity contribution in [3.05, 3.63) is 45.3 Å². The number of carbonyl (C=O) groups is 2. The number of carboxylic acids is 1. The number of aryl methyl sites for hydroxylation is 2. The van der Waals surface area contributed by atoms with Gasteiger partial charge in [-0.05, 0) is 19.9 Å². The van der Waals surface area contributed by atoms with E-state index in [1.807, 2.05) is 19.9 Å². The van der Waals surface area contributed by atoms with Gasteiger partial charge in [-0.25, -0.2) is 19.3 Å². The second-order valence-electron chi connectivity index (χ2n) is 5.27. The summed E-state index contributed by atoms with van der Waals surface area (Å²) in [6.07, 6.45) is 1.96. The Bertz CT molecular complexity index is 930. The normalized spacial score (nSPS) is 10.9. The molecule has 0 aliphatic rings. The van der Waals surface area contributed by atoms with Gasteiger partial charge in [-0.2, -0.15) is 5.10 Å².